The normalized spacial score (nSPS) is 11.7. The third-order valence-electron chi connectivity index (χ3n) is 2.75. The number of allylic oxidation sites excluding steroid dienone is 1. The molecule has 20 heavy (non-hydrogen) atoms. The van der Waals surface area contributed by atoms with Crippen molar-refractivity contribution in [1.82, 2.24) is 0 Å². The maximum absolute atomic E-state index is 11.7. The minimum atomic E-state index is -0.128. The first kappa shape index (κ1) is 16.2. The lowest BCUT2D eigenvalue weighted by molar-refractivity contribution is -0.112. The van der Waals surface area contributed by atoms with E-state index in [-0.39, 0.29) is 17.9 Å². The van der Waals surface area contributed by atoms with Crippen LogP contribution in [-0.4, -0.2) is 31.2 Å². The van der Waals surface area contributed by atoms with E-state index in [0.717, 1.165) is 11.4 Å². The van der Waals surface area contributed by atoms with E-state index >= 15 is 0 Å². The number of hydrogen-bond acceptors (Lipinski definition) is 3. The van der Waals surface area contributed by atoms with Crippen LogP contribution >= 0.6 is 0 Å². The topological polar surface area (TPSA) is 52.6 Å². The molecule has 1 aromatic rings. The van der Waals surface area contributed by atoms with E-state index in [1.54, 1.807) is 6.08 Å². The molecule has 0 aliphatic carbocycles. The van der Waals surface area contributed by atoms with Crippen molar-refractivity contribution in [3.05, 3.63) is 36.4 Å². The molecular weight excluding hydrogens is 252 g/mol. The van der Waals surface area contributed by atoms with Crippen molar-refractivity contribution >= 4 is 17.3 Å². The zero-order chi connectivity index (χ0) is 15.2. The van der Waals surface area contributed by atoms with E-state index < -0.39 is 0 Å². The Labute approximate surface area is 121 Å². The van der Waals surface area contributed by atoms with E-state index in [1.165, 1.54) is 0 Å². The third kappa shape index (κ3) is 5.89. The summed E-state index contributed by atoms with van der Waals surface area (Å²) in [5, 5.41) is 11.7. The molecule has 0 fully saturated rings. The molecule has 4 nitrogen and oxygen atoms in total. The zero-order valence-corrected chi connectivity index (χ0v) is 12.7. The molecule has 0 bridgehead atoms. The number of carbonyl (C=O) groups excluding carboxylic acids is 1. The number of aliphatic hydroxyl groups excluding tert-OH is 1. The molecule has 0 aliphatic rings. The number of aliphatic hydroxyl groups is 1. The molecule has 0 unspecified atom stereocenters. The highest BCUT2D eigenvalue weighted by Crippen LogP contribution is 2.17. The first-order valence-electron chi connectivity index (χ1n) is 6.74. The molecule has 110 valence electrons. The van der Waals surface area contributed by atoms with E-state index in [1.807, 2.05) is 63.1 Å². The Morgan fingerprint density at radius 3 is 2.40 bits per heavy atom. The van der Waals surface area contributed by atoms with E-state index in [0.29, 0.717) is 6.54 Å². The van der Waals surface area contributed by atoms with Crippen molar-refractivity contribution in [3.8, 4) is 0 Å². The molecule has 0 heterocycles. The molecule has 0 radical (unpaired) electrons. The predicted octanol–water partition coefficient (Wildman–Crippen LogP) is 2.66. The molecule has 0 atom stereocenters. The molecule has 2 N–H and O–H groups in total. The van der Waals surface area contributed by atoms with Gasteiger partial charge in [-0.25, -0.2) is 0 Å². The molecule has 0 saturated heterocycles. The number of anilines is 2. The number of carbonyl (C=O) groups is 1. The molecule has 1 aromatic carbocycles. The van der Waals surface area contributed by atoms with Gasteiger partial charge in [0.25, 0.3) is 0 Å². The minimum Gasteiger partial charge on any atom is -0.395 e. The van der Waals surface area contributed by atoms with Crippen LogP contribution in [0.5, 0.6) is 0 Å². The van der Waals surface area contributed by atoms with Crippen LogP contribution < -0.4 is 10.2 Å². The summed E-state index contributed by atoms with van der Waals surface area (Å²) in [6.07, 6.45) is 3.44. The largest absolute Gasteiger partial charge is 0.395 e. The average Bonchev–Trinajstić information content (AvgIpc) is 2.37. The lowest BCUT2D eigenvalue weighted by atomic mass is 9.96. The van der Waals surface area contributed by atoms with Crippen molar-refractivity contribution in [2.75, 3.05) is 30.4 Å². The van der Waals surface area contributed by atoms with Gasteiger partial charge in [-0.1, -0.05) is 26.8 Å². The summed E-state index contributed by atoms with van der Waals surface area (Å²) in [5.41, 5.74) is 1.76. The summed E-state index contributed by atoms with van der Waals surface area (Å²) in [7, 11) is 1.91. The van der Waals surface area contributed by atoms with Crippen LogP contribution in [0.2, 0.25) is 0 Å². The molecule has 0 aliphatic heterocycles. The minimum absolute atomic E-state index is 0.00575. The first-order valence-corrected chi connectivity index (χ1v) is 6.74. The Morgan fingerprint density at radius 2 is 1.90 bits per heavy atom. The quantitative estimate of drug-likeness (QED) is 0.813. The summed E-state index contributed by atoms with van der Waals surface area (Å²) in [5.74, 6) is -0.128. The summed E-state index contributed by atoms with van der Waals surface area (Å²) in [6.45, 7) is 6.83. The van der Waals surface area contributed by atoms with Crippen LogP contribution in [0.1, 0.15) is 20.8 Å². The number of nitrogens with one attached hydrogen (secondary N) is 1. The highest BCUT2D eigenvalue weighted by Gasteiger charge is 2.06. The number of hydrogen-bond donors (Lipinski definition) is 2. The van der Waals surface area contributed by atoms with Gasteiger partial charge in [0.05, 0.1) is 6.61 Å². The van der Waals surface area contributed by atoms with Crippen molar-refractivity contribution in [3.63, 3.8) is 0 Å². The number of rotatable bonds is 5. The third-order valence-corrected chi connectivity index (χ3v) is 2.75. The summed E-state index contributed by atoms with van der Waals surface area (Å²) in [4.78, 5) is 13.7. The van der Waals surface area contributed by atoms with Crippen LogP contribution in [0.4, 0.5) is 11.4 Å². The van der Waals surface area contributed by atoms with Gasteiger partial charge in [-0.2, -0.15) is 0 Å². The predicted molar refractivity (Wildman–Crippen MR) is 84.0 cm³/mol. The van der Waals surface area contributed by atoms with E-state index in [4.69, 9.17) is 5.11 Å². The molecule has 0 saturated carbocycles. The van der Waals surface area contributed by atoms with Gasteiger partial charge >= 0.3 is 0 Å². The van der Waals surface area contributed by atoms with Crippen molar-refractivity contribution < 1.29 is 9.90 Å². The Morgan fingerprint density at radius 1 is 1.30 bits per heavy atom. The second-order valence-electron chi connectivity index (χ2n) is 5.88. The fraction of sp³-hybridized carbons (Fsp3) is 0.438. The van der Waals surface area contributed by atoms with Crippen LogP contribution in [0.3, 0.4) is 0 Å². The first-order chi connectivity index (χ1) is 9.31. The van der Waals surface area contributed by atoms with Crippen molar-refractivity contribution in [2.45, 2.75) is 20.8 Å². The van der Waals surface area contributed by atoms with Gasteiger partial charge in [-0.15, -0.1) is 0 Å². The maximum Gasteiger partial charge on any atom is 0.248 e. The summed E-state index contributed by atoms with van der Waals surface area (Å²) >= 11 is 0. The highest BCUT2D eigenvalue weighted by molar-refractivity contribution is 5.99. The fourth-order valence-electron chi connectivity index (χ4n) is 1.59. The fourth-order valence-corrected chi connectivity index (χ4v) is 1.59. The Bertz CT molecular complexity index is 458. The zero-order valence-electron chi connectivity index (χ0n) is 12.7. The van der Waals surface area contributed by atoms with Crippen molar-refractivity contribution in [1.29, 1.82) is 0 Å². The lowest BCUT2D eigenvalue weighted by Crippen LogP contribution is -2.21. The number of amides is 1. The SMILES string of the molecule is CN(CCO)c1ccc(NC(=O)/C=C/C(C)(C)C)cc1. The Hall–Kier alpha value is -1.81. The van der Waals surface area contributed by atoms with E-state index in [2.05, 4.69) is 5.32 Å². The Kier molecular flexibility index (Phi) is 5.77. The molecular formula is C16H24N2O2. The van der Waals surface area contributed by atoms with Gasteiger partial charge in [0, 0.05) is 25.0 Å². The average molecular weight is 276 g/mol. The van der Waals surface area contributed by atoms with Crippen LogP contribution in [-0.2, 0) is 4.79 Å². The molecule has 0 spiro atoms. The Balaban J connectivity index is 2.62. The van der Waals surface area contributed by atoms with E-state index in [9.17, 15) is 4.79 Å². The molecule has 1 amide bonds. The van der Waals surface area contributed by atoms with Gasteiger partial charge in [0.15, 0.2) is 0 Å². The maximum atomic E-state index is 11.7. The number of likely N-dealkylation sites (N-methyl/N-ethyl adjacent to an activating group) is 1. The standard InChI is InChI=1S/C16H24N2O2/c1-16(2,3)10-9-15(20)17-13-5-7-14(8-6-13)18(4)11-12-19/h5-10,19H,11-12H2,1-4H3,(H,17,20)/b10-9+. The molecule has 1 rings (SSSR count). The monoisotopic (exact) mass is 276 g/mol. The van der Waals surface area contributed by atoms with Crippen LogP contribution in [0.25, 0.3) is 0 Å². The highest BCUT2D eigenvalue weighted by atomic mass is 16.3. The summed E-state index contributed by atoms with van der Waals surface area (Å²) in [6, 6.07) is 7.54. The van der Waals surface area contributed by atoms with Gasteiger partial charge in [-0.3, -0.25) is 4.79 Å². The van der Waals surface area contributed by atoms with Gasteiger partial charge in [-0.05, 0) is 35.8 Å². The van der Waals surface area contributed by atoms with Crippen LogP contribution in [0, 0.1) is 5.41 Å². The van der Waals surface area contributed by atoms with Gasteiger partial charge in [0.2, 0.25) is 5.91 Å². The second-order valence-corrected chi connectivity index (χ2v) is 5.88. The smallest absolute Gasteiger partial charge is 0.248 e. The lowest BCUT2D eigenvalue weighted by Gasteiger charge is -2.18. The molecule has 4 heteroatoms. The number of benzene rings is 1. The van der Waals surface area contributed by atoms with Gasteiger partial charge < -0.3 is 15.3 Å². The summed E-state index contributed by atoms with van der Waals surface area (Å²) < 4.78 is 0. The van der Waals surface area contributed by atoms with Crippen LogP contribution in [0.15, 0.2) is 36.4 Å². The molecule has 0 aromatic heterocycles. The van der Waals surface area contributed by atoms with Crippen molar-refractivity contribution in [2.24, 2.45) is 5.41 Å². The number of nitrogens with zero attached hydrogens (tertiary/aromatic N) is 1. The van der Waals surface area contributed by atoms with Gasteiger partial charge in [0.1, 0.15) is 0 Å². The second kappa shape index (κ2) is 7.10.